The van der Waals surface area contributed by atoms with E-state index in [0.29, 0.717) is 12.2 Å². The molecule has 1 aliphatic rings. The first-order valence-electron chi connectivity index (χ1n) is 6.93. The zero-order valence-electron chi connectivity index (χ0n) is 12.9. The molecule has 1 amide bonds. The van der Waals surface area contributed by atoms with Crippen molar-refractivity contribution in [3.8, 4) is 0 Å². The van der Waals surface area contributed by atoms with Crippen LogP contribution >= 0.6 is 0 Å². The predicted octanol–water partition coefficient (Wildman–Crippen LogP) is 3.63. The molecule has 0 aliphatic carbocycles. The standard InChI is InChI=1S/C16H24N2O2/c1-15(2,3)13-11-8-10(17)6-7-12(11)16(4,5)9-18(13)14(19)20/h6-8,13H,9,17H2,1-5H3,(H,19,20). The summed E-state index contributed by atoms with van der Waals surface area (Å²) in [6.45, 7) is 10.9. The van der Waals surface area contributed by atoms with Crippen molar-refractivity contribution in [3.05, 3.63) is 29.3 Å². The van der Waals surface area contributed by atoms with Gasteiger partial charge < -0.3 is 10.8 Å². The van der Waals surface area contributed by atoms with Crippen molar-refractivity contribution in [1.29, 1.82) is 0 Å². The predicted molar refractivity (Wildman–Crippen MR) is 80.8 cm³/mol. The minimum Gasteiger partial charge on any atom is -0.465 e. The number of carboxylic acid groups (broad SMARTS) is 1. The molecule has 0 aromatic heterocycles. The van der Waals surface area contributed by atoms with Crippen molar-refractivity contribution in [2.45, 2.75) is 46.1 Å². The summed E-state index contributed by atoms with van der Waals surface area (Å²) in [5.41, 5.74) is 8.46. The Balaban J connectivity index is 2.69. The van der Waals surface area contributed by atoms with E-state index in [-0.39, 0.29) is 16.9 Å². The van der Waals surface area contributed by atoms with E-state index in [4.69, 9.17) is 5.73 Å². The highest BCUT2D eigenvalue weighted by molar-refractivity contribution is 5.68. The van der Waals surface area contributed by atoms with Crippen LogP contribution in [0.15, 0.2) is 18.2 Å². The van der Waals surface area contributed by atoms with Gasteiger partial charge in [-0.1, -0.05) is 40.7 Å². The molecule has 0 saturated carbocycles. The third-order valence-corrected chi connectivity index (χ3v) is 4.04. The fourth-order valence-corrected chi connectivity index (χ4v) is 3.31. The lowest BCUT2D eigenvalue weighted by Gasteiger charge is -2.48. The molecule has 0 radical (unpaired) electrons. The summed E-state index contributed by atoms with van der Waals surface area (Å²) < 4.78 is 0. The van der Waals surface area contributed by atoms with Gasteiger partial charge in [0.05, 0.1) is 6.04 Å². The van der Waals surface area contributed by atoms with E-state index < -0.39 is 6.09 Å². The first-order chi connectivity index (χ1) is 9.04. The second-order valence-corrected chi connectivity index (χ2v) is 7.41. The van der Waals surface area contributed by atoms with Crippen molar-refractivity contribution in [1.82, 2.24) is 4.90 Å². The highest BCUT2D eigenvalue weighted by atomic mass is 16.4. The normalized spacial score (nSPS) is 21.4. The van der Waals surface area contributed by atoms with Crippen LogP contribution < -0.4 is 5.73 Å². The van der Waals surface area contributed by atoms with Crippen molar-refractivity contribution in [3.63, 3.8) is 0 Å². The maximum absolute atomic E-state index is 11.7. The fraction of sp³-hybridized carbons (Fsp3) is 0.562. The van der Waals surface area contributed by atoms with Crippen LogP contribution in [-0.4, -0.2) is 22.6 Å². The van der Waals surface area contributed by atoms with Gasteiger partial charge in [-0.2, -0.15) is 0 Å². The highest BCUT2D eigenvalue weighted by Gasteiger charge is 2.44. The van der Waals surface area contributed by atoms with Gasteiger partial charge >= 0.3 is 6.09 Å². The van der Waals surface area contributed by atoms with Gasteiger partial charge in [-0.3, -0.25) is 4.90 Å². The van der Waals surface area contributed by atoms with E-state index in [1.165, 1.54) is 5.56 Å². The number of anilines is 1. The van der Waals surface area contributed by atoms with E-state index in [0.717, 1.165) is 5.56 Å². The van der Waals surface area contributed by atoms with E-state index in [2.05, 4.69) is 34.6 Å². The number of nitrogens with two attached hydrogens (primary N) is 1. The Morgan fingerprint density at radius 1 is 1.40 bits per heavy atom. The van der Waals surface area contributed by atoms with Crippen LogP contribution in [0.25, 0.3) is 0 Å². The van der Waals surface area contributed by atoms with Gasteiger partial charge in [0.1, 0.15) is 0 Å². The molecule has 4 nitrogen and oxygen atoms in total. The van der Waals surface area contributed by atoms with E-state index in [1.54, 1.807) is 4.90 Å². The fourth-order valence-electron chi connectivity index (χ4n) is 3.31. The molecule has 4 heteroatoms. The molecule has 1 unspecified atom stereocenters. The molecular weight excluding hydrogens is 252 g/mol. The maximum atomic E-state index is 11.7. The monoisotopic (exact) mass is 276 g/mol. The van der Waals surface area contributed by atoms with Gasteiger partial charge in [0.15, 0.2) is 0 Å². The Morgan fingerprint density at radius 3 is 2.50 bits per heavy atom. The van der Waals surface area contributed by atoms with Crippen LogP contribution in [0, 0.1) is 5.41 Å². The highest BCUT2D eigenvalue weighted by Crippen LogP contribution is 2.47. The van der Waals surface area contributed by atoms with Crippen LogP contribution in [-0.2, 0) is 5.41 Å². The molecule has 0 bridgehead atoms. The van der Waals surface area contributed by atoms with Crippen molar-refractivity contribution in [2.75, 3.05) is 12.3 Å². The molecule has 0 saturated heterocycles. The Bertz CT molecular complexity index is 544. The van der Waals surface area contributed by atoms with E-state index in [9.17, 15) is 9.90 Å². The third kappa shape index (κ3) is 2.35. The first kappa shape index (κ1) is 14.7. The molecule has 20 heavy (non-hydrogen) atoms. The molecule has 1 aromatic carbocycles. The Labute approximate surface area is 120 Å². The molecule has 2 rings (SSSR count). The molecule has 1 atom stereocenters. The number of carbonyl (C=O) groups is 1. The zero-order valence-corrected chi connectivity index (χ0v) is 12.9. The van der Waals surface area contributed by atoms with Crippen molar-refractivity contribution in [2.24, 2.45) is 5.41 Å². The van der Waals surface area contributed by atoms with Crippen LogP contribution in [0.5, 0.6) is 0 Å². The van der Waals surface area contributed by atoms with Crippen molar-refractivity contribution < 1.29 is 9.90 Å². The maximum Gasteiger partial charge on any atom is 0.407 e. The number of amides is 1. The molecule has 1 heterocycles. The smallest absolute Gasteiger partial charge is 0.407 e. The van der Waals surface area contributed by atoms with Crippen LogP contribution in [0.2, 0.25) is 0 Å². The molecule has 3 N–H and O–H groups in total. The van der Waals surface area contributed by atoms with Crippen LogP contribution in [0.4, 0.5) is 10.5 Å². The topological polar surface area (TPSA) is 66.6 Å². The summed E-state index contributed by atoms with van der Waals surface area (Å²) in [4.78, 5) is 13.2. The third-order valence-electron chi connectivity index (χ3n) is 4.04. The average molecular weight is 276 g/mol. The second-order valence-electron chi connectivity index (χ2n) is 7.41. The van der Waals surface area contributed by atoms with E-state index in [1.807, 2.05) is 18.2 Å². The minimum atomic E-state index is -0.869. The number of fused-ring (bicyclic) bond motifs is 1. The molecule has 0 fully saturated rings. The first-order valence-corrected chi connectivity index (χ1v) is 6.93. The quantitative estimate of drug-likeness (QED) is 0.711. The average Bonchev–Trinajstić information content (AvgIpc) is 2.25. The number of nitrogen functional groups attached to an aromatic ring is 1. The lowest BCUT2D eigenvalue weighted by atomic mass is 9.70. The summed E-state index contributed by atoms with van der Waals surface area (Å²) in [6, 6.07) is 5.70. The molecule has 110 valence electrons. The summed E-state index contributed by atoms with van der Waals surface area (Å²) in [7, 11) is 0. The SMILES string of the molecule is CC1(C)CN(C(=O)O)C(C(C)(C)C)c2cc(N)ccc21. The zero-order chi connectivity index (χ0) is 15.3. The van der Waals surface area contributed by atoms with Crippen LogP contribution in [0.1, 0.15) is 51.8 Å². The van der Waals surface area contributed by atoms with Gasteiger partial charge in [-0.05, 0) is 28.7 Å². The van der Waals surface area contributed by atoms with Gasteiger partial charge in [0.2, 0.25) is 0 Å². The van der Waals surface area contributed by atoms with Gasteiger partial charge in [-0.25, -0.2) is 4.79 Å². The minimum absolute atomic E-state index is 0.175. The molecular formula is C16H24N2O2. The number of hydrogen-bond donors (Lipinski definition) is 2. The molecule has 1 aliphatic heterocycles. The Morgan fingerprint density at radius 2 is 2.00 bits per heavy atom. The number of rotatable bonds is 0. The number of nitrogens with zero attached hydrogens (tertiary/aromatic N) is 1. The summed E-state index contributed by atoms with van der Waals surface area (Å²) in [5, 5.41) is 9.59. The Kier molecular flexibility index (Phi) is 3.23. The summed E-state index contributed by atoms with van der Waals surface area (Å²) in [6.07, 6.45) is -0.869. The van der Waals surface area contributed by atoms with Crippen LogP contribution in [0.3, 0.4) is 0 Å². The summed E-state index contributed by atoms with van der Waals surface area (Å²) >= 11 is 0. The van der Waals surface area contributed by atoms with Crippen molar-refractivity contribution >= 4 is 11.8 Å². The molecule has 0 spiro atoms. The lowest BCUT2D eigenvalue weighted by molar-refractivity contribution is 0.0580. The largest absolute Gasteiger partial charge is 0.465 e. The van der Waals surface area contributed by atoms with Gasteiger partial charge in [0.25, 0.3) is 0 Å². The van der Waals surface area contributed by atoms with Gasteiger partial charge in [0, 0.05) is 17.6 Å². The summed E-state index contributed by atoms with van der Waals surface area (Å²) in [5.74, 6) is 0. The van der Waals surface area contributed by atoms with Gasteiger partial charge in [-0.15, -0.1) is 0 Å². The van der Waals surface area contributed by atoms with E-state index >= 15 is 0 Å². The number of benzene rings is 1. The molecule has 1 aromatic rings. The Hall–Kier alpha value is -1.71. The second kappa shape index (κ2) is 4.40. The lowest BCUT2D eigenvalue weighted by Crippen LogP contribution is -2.51. The number of hydrogen-bond acceptors (Lipinski definition) is 2.